The van der Waals surface area contributed by atoms with Crippen molar-refractivity contribution in [3.8, 4) is 0 Å². The second-order valence-corrected chi connectivity index (χ2v) is 7.94. The molecule has 1 N–H and O–H groups in total. The maximum Gasteiger partial charge on any atom is 0.223 e. The van der Waals surface area contributed by atoms with Gasteiger partial charge in [-0.05, 0) is 39.0 Å². The molecule has 2 aromatic rings. The van der Waals surface area contributed by atoms with E-state index in [9.17, 15) is 4.79 Å². The van der Waals surface area contributed by atoms with E-state index in [2.05, 4.69) is 38.6 Å². The molecule has 27 heavy (non-hydrogen) atoms. The first-order valence-electron chi connectivity index (χ1n) is 10.4. The van der Waals surface area contributed by atoms with Gasteiger partial charge >= 0.3 is 0 Å². The van der Waals surface area contributed by atoms with Gasteiger partial charge in [0, 0.05) is 38.0 Å². The third-order valence-corrected chi connectivity index (χ3v) is 6.04. The molecule has 7 nitrogen and oxygen atoms in total. The van der Waals surface area contributed by atoms with Gasteiger partial charge in [-0.25, -0.2) is 15.0 Å². The van der Waals surface area contributed by atoms with Crippen LogP contribution < -0.4 is 10.2 Å². The molecule has 0 aromatic carbocycles. The molecule has 7 heteroatoms. The smallest absolute Gasteiger partial charge is 0.223 e. The zero-order chi connectivity index (χ0) is 18.8. The van der Waals surface area contributed by atoms with Crippen LogP contribution in [0.2, 0.25) is 0 Å². The summed E-state index contributed by atoms with van der Waals surface area (Å²) in [6.45, 7) is 6.84. The van der Waals surface area contributed by atoms with E-state index in [1.807, 2.05) is 0 Å². The Morgan fingerprint density at radius 2 is 2.04 bits per heavy atom. The Morgan fingerprint density at radius 3 is 2.81 bits per heavy atom. The van der Waals surface area contributed by atoms with Gasteiger partial charge < -0.3 is 14.8 Å². The van der Waals surface area contributed by atoms with Crippen LogP contribution >= 0.6 is 0 Å². The standard InChI is InChI=1S/C20H30N6O/c1-3-14(2)23-20(27)15-8-11-25(12-9-15)18-17-19(22-13-21-18)26-10-6-4-5-7-16(26)24-17/h13-15H,3-12H2,1-2H3,(H,23,27)/t14-/m1/s1. The van der Waals surface area contributed by atoms with Gasteiger partial charge in [0.25, 0.3) is 0 Å². The minimum absolute atomic E-state index is 0.103. The highest BCUT2D eigenvalue weighted by Crippen LogP contribution is 2.29. The second-order valence-electron chi connectivity index (χ2n) is 7.94. The van der Waals surface area contributed by atoms with Gasteiger partial charge in [0.15, 0.2) is 17.0 Å². The number of carbonyl (C=O) groups excluding carboxylic acids is 1. The fourth-order valence-electron chi connectivity index (χ4n) is 4.17. The predicted molar refractivity (Wildman–Crippen MR) is 106 cm³/mol. The molecule has 0 bridgehead atoms. The summed E-state index contributed by atoms with van der Waals surface area (Å²) in [5.41, 5.74) is 1.89. The Morgan fingerprint density at radius 1 is 1.22 bits per heavy atom. The Hall–Kier alpha value is -2.18. The Bertz CT molecular complexity index is 808. The van der Waals surface area contributed by atoms with Crippen molar-refractivity contribution in [3.63, 3.8) is 0 Å². The fourth-order valence-corrected chi connectivity index (χ4v) is 4.17. The molecular formula is C20H30N6O. The van der Waals surface area contributed by atoms with E-state index in [0.717, 1.165) is 68.1 Å². The molecule has 1 saturated heterocycles. The molecule has 2 aromatic heterocycles. The minimum atomic E-state index is 0.103. The quantitative estimate of drug-likeness (QED) is 0.895. The monoisotopic (exact) mass is 370 g/mol. The Labute approximate surface area is 160 Å². The van der Waals surface area contributed by atoms with Crippen molar-refractivity contribution >= 4 is 22.9 Å². The van der Waals surface area contributed by atoms with Crippen molar-refractivity contribution < 1.29 is 4.79 Å². The van der Waals surface area contributed by atoms with Crippen LogP contribution in [-0.2, 0) is 17.8 Å². The zero-order valence-corrected chi connectivity index (χ0v) is 16.4. The Kier molecular flexibility index (Phi) is 5.27. The molecule has 1 fully saturated rings. The third kappa shape index (κ3) is 3.64. The van der Waals surface area contributed by atoms with Crippen molar-refractivity contribution in [3.05, 3.63) is 12.2 Å². The lowest BCUT2D eigenvalue weighted by Gasteiger charge is -2.32. The molecular weight excluding hydrogens is 340 g/mol. The highest BCUT2D eigenvalue weighted by Gasteiger charge is 2.28. The summed E-state index contributed by atoms with van der Waals surface area (Å²) in [5.74, 6) is 2.38. The molecule has 0 aliphatic carbocycles. The number of carbonyl (C=O) groups is 1. The molecule has 0 radical (unpaired) electrons. The normalized spacial score (nSPS) is 19.6. The van der Waals surface area contributed by atoms with Gasteiger partial charge in [0.2, 0.25) is 5.91 Å². The number of piperidine rings is 1. The third-order valence-electron chi connectivity index (χ3n) is 6.04. The summed E-state index contributed by atoms with van der Waals surface area (Å²) >= 11 is 0. The molecule has 4 heterocycles. The molecule has 0 saturated carbocycles. The first kappa shape index (κ1) is 18.2. The number of nitrogens with one attached hydrogen (secondary N) is 1. The number of aryl methyl sites for hydroxylation is 2. The summed E-state index contributed by atoms with van der Waals surface area (Å²) < 4.78 is 2.28. The molecule has 0 unspecified atom stereocenters. The van der Waals surface area contributed by atoms with Crippen LogP contribution in [0, 0.1) is 5.92 Å². The zero-order valence-electron chi connectivity index (χ0n) is 16.4. The van der Waals surface area contributed by atoms with Gasteiger partial charge in [-0.1, -0.05) is 13.3 Å². The minimum Gasteiger partial charge on any atom is -0.355 e. The van der Waals surface area contributed by atoms with Crippen molar-refractivity contribution in [2.24, 2.45) is 5.92 Å². The predicted octanol–water partition coefficient (Wildman–Crippen LogP) is 2.68. The van der Waals surface area contributed by atoms with Crippen molar-refractivity contribution in [2.45, 2.75) is 71.4 Å². The van der Waals surface area contributed by atoms with Gasteiger partial charge in [-0.15, -0.1) is 0 Å². The highest BCUT2D eigenvalue weighted by molar-refractivity contribution is 5.84. The molecule has 4 rings (SSSR count). The summed E-state index contributed by atoms with van der Waals surface area (Å²) in [7, 11) is 0. The number of amides is 1. The molecule has 1 atom stereocenters. The van der Waals surface area contributed by atoms with E-state index in [1.54, 1.807) is 6.33 Å². The first-order valence-corrected chi connectivity index (χ1v) is 10.4. The summed E-state index contributed by atoms with van der Waals surface area (Å²) in [6, 6.07) is 0.248. The molecule has 2 aliphatic rings. The number of rotatable bonds is 4. The summed E-state index contributed by atoms with van der Waals surface area (Å²) in [4.78, 5) is 28.7. The highest BCUT2D eigenvalue weighted by atomic mass is 16.1. The van der Waals surface area contributed by atoms with E-state index in [-0.39, 0.29) is 17.9 Å². The van der Waals surface area contributed by atoms with Crippen molar-refractivity contribution in [1.29, 1.82) is 0 Å². The van der Waals surface area contributed by atoms with E-state index in [0.29, 0.717) is 0 Å². The van der Waals surface area contributed by atoms with Crippen molar-refractivity contribution in [1.82, 2.24) is 24.8 Å². The molecule has 0 spiro atoms. The average molecular weight is 371 g/mol. The molecule has 146 valence electrons. The van der Waals surface area contributed by atoms with Crippen LogP contribution in [0.15, 0.2) is 6.33 Å². The Balaban J connectivity index is 1.50. The number of hydrogen-bond donors (Lipinski definition) is 1. The first-order chi connectivity index (χ1) is 13.2. The number of anilines is 1. The van der Waals surface area contributed by atoms with Crippen LogP contribution in [0.4, 0.5) is 5.82 Å². The van der Waals surface area contributed by atoms with Gasteiger partial charge in [0.1, 0.15) is 12.2 Å². The SMILES string of the molecule is CC[C@@H](C)NC(=O)C1CCN(c2ncnc3c2nc2n3CCCCC2)CC1. The fraction of sp³-hybridized carbons (Fsp3) is 0.700. The van der Waals surface area contributed by atoms with Crippen LogP contribution in [0.1, 0.15) is 58.2 Å². The summed E-state index contributed by atoms with van der Waals surface area (Å²) in [5, 5.41) is 3.12. The van der Waals surface area contributed by atoms with Crippen molar-refractivity contribution in [2.75, 3.05) is 18.0 Å². The molecule has 2 aliphatic heterocycles. The van der Waals surface area contributed by atoms with Gasteiger partial charge in [-0.3, -0.25) is 4.79 Å². The van der Waals surface area contributed by atoms with E-state index < -0.39 is 0 Å². The van der Waals surface area contributed by atoms with Crippen LogP contribution in [0.25, 0.3) is 11.2 Å². The maximum atomic E-state index is 12.4. The number of imidazole rings is 1. The largest absolute Gasteiger partial charge is 0.355 e. The number of nitrogens with zero attached hydrogens (tertiary/aromatic N) is 5. The topological polar surface area (TPSA) is 75.9 Å². The van der Waals surface area contributed by atoms with Crippen LogP contribution in [-0.4, -0.2) is 44.6 Å². The maximum absolute atomic E-state index is 12.4. The second kappa shape index (κ2) is 7.82. The van der Waals surface area contributed by atoms with E-state index in [1.165, 1.54) is 19.3 Å². The van der Waals surface area contributed by atoms with E-state index >= 15 is 0 Å². The number of fused-ring (bicyclic) bond motifs is 3. The number of aromatic nitrogens is 4. The van der Waals surface area contributed by atoms with E-state index in [4.69, 9.17) is 4.98 Å². The van der Waals surface area contributed by atoms with Crippen LogP contribution in [0.3, 0.4) is 0 Å². The van der Waals surface area contributed by atoms with Crippen LogP contribution in [0.5, 0.6) is 0 Å². The number of hydrogen-bond acceptors (Lipinski definition) is 5. The van der Waals surface area contributed by atoms with Gasteiger partial charge in [-0.2, -0.15) is 0 Å². The lowest BCUT2D eigenvalue weighted by Crippen LogP contribution is -2.43. The lowest BCUT2D eigenvalue weighted by molar-refractivity contribution is -0.126. The average Bonchev–Trinajstić information content (AvgIpc) is 2.89. The molecule has 1 amide bonds. The van der Waals surface area contributed by atoms with Gasteiger partial charge in [0.05, 0.1) is 0 Å². The lowest BCUT2D eigenvalue weighted by atomic mass is 9.95. The summed E-state index contributed by atoms with van der Waals surface area (Å²) in [6.07, 6.45) is 9.02.